The van der Waals surface area contributed by atoms with Crippen LogP contribution in [0.1, 0.15) is 147 Å². The topological polar surface area (TPSA) is 264 Å². The summed E-state index contributed by atoms with van der Waals surface area (Å²) in [5.41, 5.74) is 24.7. The summed E-state index contributed by atoms with van der Waals surface area (Å²) in [5, 5.41) is 37.4. The van der Waals surface area contributed by atoms with Crippen LogP contribution < -0.4 is 0 Å². The van der Waals surface area contributed by atoms with Gasteiger partial charge in [-0.1, -0.05) is 0 Å². The van der Waals surface area contributed by atoms with Gasteiger partial charge in [-0.15, -0.1) is 0 Å². The molecular weight excluding hydrogens is 961 g/mol. The van der Waals surface area contributed by atoms with Crippen LogP contribution in [0.5, 0.6) is 0 Å². The van der Waals surface area contributed by atoms with Gasteiger partial charge in [-0.25, -0.2) is 19.9 Å². The van der Waals surface area contributed by atoms with E-state index in [4.69, 9.17) is 19.9 Å². The lowest BCUT2D eigenvalue weighted by molar-refractivity contribution is -0.137. The van der Waals surface area contributed by atoms with Crippen molar-refractivity contribution in [1.29, 1.82) is 0 Å². The second-order valence-corrected chi connectivity index (χ2v) is 20.0. The number of nitrogens with one attached hydrogen (secondary N) is 4. The van der Waals surface area contributed by atoms with Gasteiger partial charge in [0.15, 0.2) is 0 Å². The quantitative estimate of drug-likeness (QED) is 0.0569. The van der Waals surface area contributed by atoms with Crippen LogP contribution >= 0.6 is 0 Å². The van der Waals surface area contributed by atoms with Crippen LogP contribution in [0.15, 0.2) is 72.8 Å². The molecule has 10 heterocycles. The van der Waals surface area contributed by atoms with Gasteiger partial charge in [0.2, 0.25) is 0 Å². The number of carbonyl (C=O) groups is 4. The molecule has 0 saturated heterocycles. The first-order chi connectivity index (χ1) is 36.2. The van der Waals surface area contributed by atoms with Gasteiger partial charge < -0.3 is 40.4 Å². The molecule has 0 saturated carbocycles. The van der Waals surface area contributed by atoms with Gasteiger partial charge in [0.05, 0.1) is 45.6 Å². The van der Waals surface area contributed by atoms with Gasteiger partial charge in [0, 0.05) is 69.8 Å². The largest absolute Gasteiger partial charge is 0.481 e. The molecule has 8 N–H and O–H groups in total. The van der Waals surface area contributed by atoms with Crippen LogP contribution in [0, 0.1) is 27.7 Å². The molecule has 388 valence electrons. The second kappa shape index (κ2) is 21.1. The van der Waals surface area contributed by atoms with E-state index in [0.29, 0.717) is 48.5 Å². The fourth-order valence-corrected chi connectivity index (χ4v) is 10.2. The summed E-state index contributed by atoms with van der Waals surface area (Å²) in [6, 6.07) is 24.2. The highest BCUT2D eigenvalue weighted by atomic mass is 16.4. The van der Waals surface area contributed by atoms with Crippen LogP contribution in [0.4, 0.5) is 0 Å². The Balaban J connectivity index is 0.000000186. The van der Waals surface area contributed by atoms with Crippen LogP contribution in [-0.4, -0.2) is 84.2 Å². The fourth-order valence-electron chi connectivity index (χ4n) is 10.2. The van der Waals surface area contributed by atoms with Crippen molar-refractivity contribution in [3.63, 3.8) is 0 Å². The number of aromatic amines is 4. The molecule has 4 aliphatic rings. The molecular formula is C60H60N8O8. The lowest BCUT2D eigenvalue weighted by Gasteiger charge is -2.05. The minimum atomic E-state index is -0.873. The summed E-state index contributed by atoms with van der Waals surface area (Å²) >= 11 is 0. The van der Waals surface area contributed by atoms with Gasteiger partial charge in [0.1, 0.15) is 0 Å². The number of aromatic nitrogens is 8. The van der Waals surface area contributed by atoms with E-state index >= 15 is 0 Å². The Kier molecular flexibility index (Phi) is 14.4. The maximum atomic E-state index is 11.4. The molecule has 0 aliphatic carbocycles. The number of allylic oxidation sites excluding steroid dienone is 8. The van der Waals surface area contributed by atoms with E-state index in [1.54, 1.807) is 0 Å². The highest BCUT2D eigenvalue weighted by molar-refractivity contribution is 5.98. The summed E-state index contributed by atoms with van der Waals surface area (Å²) in [7, 11) is 0. The molecule has 6 aromatic heterocycles. The average Bonchev–Trinajstić information content (AvgIpc) is 4.23. The predicted octanol–water partition coefficient (Wildman–Crippen LogP) is 13.0. The van der Waals surface area contributed by atoms with E-state index in [9.17, 15) is 39.6 Å². The Bertz CT molecular complexity index is 3690. The molecule has 0 spiro atoms. The number of hydrogen-bond donors (Lipinski definition) is 8. The van der Waals surface area contributed by atoms with Gasteiger partial charge in [-0.05, 0) is 221 Å². The molecule has 0 radical (unpaired) electrons. The Morgan fingerprint density at radius 2 is 0.539 bits per heavy atom. The first-order valence-electron chi connectivity index (χ1n) is 25.3. The summed E-state index contributed by atoms with van der Waals surface area (Å²) in [6.07, 6.45) is 1.29. The summed E-state index contributed by atoms with van der Waals surface area (Å²) in [5.74, 6) is -3.49. The number of hydrogen-bond acceptors (Lipinski definition) is 8. The number of nitrogens with zero attached hydrogens (tertiary/aromatic N) is 4. The zero-order valence-corrected chi connectivity index (χ0v) is 43.8. The summed E-state index contributed by atoms with van der Waals surface area (Å²) in [6.45, 7) is 16.0. The fraction of sp³-hybridized carbons (Fsp3) is 0.267. The Labute approximate surface area is 437 Å². The molecule has 0 amide bonds. The summed E-state index contributed by atoms with van der Waals surface area (Å²) < 4.78 is 0. The van der Waals surface area contributed by atoms with Crippen molar-refractivity contribution in [2.75, 3.05) is 0 Å². The summed E-state index contributed by atoms with van der Waals surface area (Å²) in [4.78, 5) is 79.2. The van der Waals surface area contributed by atoms with E-state index in [0.717, 1.165) is 134 Å². The molecule has 76 heavy (non-hydrogen) atoms. The van der Waals surface area contributed by atoms with E-state index < -0.39 is 23.9 Å². The van der Waals surface area contributed by atoms with Crippen LogP contribution in [0.3, 0.4) is 0 Å². The standard InChI is InChI=1S/2C30H30N4O4/c2*1-15-9-20-12-25-17(3)21(5-7-29(35)36)27(33-25)14-28-22(6-8-30(37)38)18(4)26(34-28)13-24-16(2)10-19(32-24)11-23(15)31-20/h2*9-14,31-32H,5-8H2,1-4H3,(H,35,36)(H,37,38). The predicted molar refractivity (Wildman–Crippen MR) is 298 cm³/mol. The molecule has 4 aliphatic heterocycles. The van der Waals surface area contributed by atoms with Crippen molar-refractivity contribution in [2.24, 2.45) is 0 Å². The molecule has 6 aromatic rings. The van der Waals surface area contributed by atoms with Gasteiger partial charge in [0.25, 0.3) is 0 Å². The van der Waals surface area contributed by atoms with Crippen molar-refractivity contribution in [3.8, 4) is 0 Å². The first-order valence-corrected chi connectivity index (χ1v) is 25.3. The Hall–Kier alpha value is -8.92. The zero-order chi connectivity index (χ0) is 54.3. The maximum Gasteiger partial charge on any atom is 0.303 e. The van der Waals surface area contributed by atoms with Crippen molar-refractivity contribution < 1.29 is 39.6 Å². The number of carboxylic acid groups (broad SMARTS) is 4. The number of rotatable bonds is 12. The molecule has 0 atom stereocenters. The minimum Gasteiger partial charge on any atom is -0.481 e. The van der Waals surface area contributed by atoms with Crippen molar-refractivity contribution in [3.05, 3.63) is 141 Å². The first kappa shape index (κ1) is 52.0. The smallest absolute Gasteiger partial charge is 0.303 e. The van der Waals surface area contributed by atoms with Crippen LogP contribution in [-0.2, 0) is 19.2 Å². The third-order valence-electron chi connectivity index (χ3n) is 14.5. The normalized spacial score (nSPS) is 13.4. The van der Waals surface area contributed by atoms with Gasteiger partial charge >= 0.3 is 23.9 Å². The SMILES string of the molecule is CC1=C(CCC(=O)O)c2cc3nc(cc4[nH]c(cc4C)cc4[nH]c(cc1n2)cc4C)C(C)=C3CCC(=O)O.CC1=C(CCC(=O)O)c2cc3nc(cc4[nH]c(cc4C)cc4[nH]c(cc1n2)cc4C)C(C)=C3CCC(=O)O. The van der Waals surface area contributed by atoms with E-state index in [1.807, 2.05) is 77.9 Å². The lowest BCUT2D eigenvalue weighted by Crippen LogP contribution is -1.97. The Morgan fingerprint density at radius 1 is 0.316 bits per heavy atom. The molecule has 0 aromatic carbocycles. The minimum absolute atomic E-state index is 0.0138. The van der Waals surface area contributed by atoms with Crippen molar-refractivity contribution >= 4 is 113 Å². The van der Waals surface area contributed by atoms with Gasteiger partial charge in [-0.2, -0.15) is 0 Å². The number of aryl methyl sites for hydroxylation is 4. The van der Waals surface area contributed by atoms with Gasteiger partial charge in [-0.3, -0.25) is 19.2 Å². The van der Waals surface area contributed by atoms with E-state index in [1.165, 1.54) is 0 Å². The molecule has 0 fully saturated rings. The van der Waals surface area contributed by atoms with Crippen LogP contribution in [0.2, 0.25) is 0 Å². The monoisotopic (exact) mass is 1020 g/mol. The number of fused-ring (bicyclic) bond motifs is 16. The van der Waals surface area contributed by atoms with Crippen molar-refractivity contribution in [2.45, 2.75) is 107 Å². The highest BCUT2D eigenvalue weighted by Gasteiger charge is 2.24. The molecule has 16 bridgehead atoms. The lowest BCUT2D eigenvalue weighted by atomic mass is 9.98. The van der Waals surface area contributed by atoms with E-state index in [2.05, 4.69) is 70.2 Å². The third-order valence-corrected chi connectivity index (χ3v) is 14.5. The molecule has 16 nitrogen and oxygen atoms in total. The van der Waals surface area contributed by atoms with Crippen molar-refractivity contribution in [1.82, 2.24) is 39.9 Å². The number of H-pyrrole nitrogens is 4. The molecule has 0 unspecified atom stereocenters. The highest BCUT2D eigenvalue weighted by Crippen LogP contribution is 2.40. The number of carboxylic acids is 4. The zero-order valence-electron chi connectivity index (χ0n) is 43.8. The second-order valence-electron chi connectivity index (χ2n) is 20.0. The maximum absolute atomic E-state index is 11.4. The number of aliphatic carboxylic acids is 4. The molecule has 10 rings (SSSR count). The van der Waals surface area contributed by atoms with Crippen LogP contribution in [0.25, 0.3) is 88.7 Å². The third kappa shape index (κ3) is 11.1. The molecule has 16 heteroatoms. The average molecular weight is 1020 g/mol. The Morgan fingerprint density at radius 3 is 0.789 bits per heavy atom. The van der Waals surface area contributed by atoms with E-state index in [-0.39, 0.29) is 25.7 Å².